The van der Waals surface area contributed by atoms with E-state index in [0.29, 0.717) is 12.2 Å². The van der Waals surface area contributed by atoms with E-state index in [1.54, 1.807) is 33.2 Å². The lowest BCUT2D eigenvalue weighted by atomic mass is 9.92. The number of aliphatic carboxylic acids is 1. The Morgan fingerprint density at radius 1 is 0.974 bits per heavy atom. The standard InChI is InChI=1S/C29H39NO6.C3H8/c1-20(2)29(34)24-18-30-13-12-21-15-22(27(35-3)16-23(21)25(30)17-26(24)31)11-9-7-5-4-6-8-10-14-36-19-28(32)33;1-3-2/h15-18,34H,4-14,19H2,1-3H3,(H,32,33);3H2,1-2H3. The highest BCUT2D eigenvalue weighted by molar-refractivity contribution is 5.71. The fourth-order valence-corrected chi connectivity index (χ4v) is 4.75. The van der Waals surface area contributed by atoms with Crippen molar-refractivity contribution in [1.82, 2.24) is 4.57 Å². The first-order valence-corrected chi connectivity index (χ1v) is 14.3. The van der Waals surface area contributed by atoms with Crippen LogP contribution in [0.15, 0.2) is 34.8 Å². The number of rotatable bonds is 14. The Bertz CT molecular complexity index is 1160. The molecule has 0 unspecified atom stereocenters. The Hall–Kier alpha value is -3.06. The van der Waals surface area contributed by atoms with Crippen molar-refractivity contribution in [2.24, 2.45) is 0 Å². The highest BCUT2D eigenvalue weighted by Gasteiger charge is 2.21. The summed E-state index contributed by atoms with van der Waals surface area (Å²) in [5.74, 6) is -0.00765. The van der Waals surface area contributed by atoms with Gasteiger partial charge in [0.05, 0.1) is 18.4 Å². The molecule has 0 spiro atoms. The van der Waals surface area contributed by atoms with Gasteiger partial charge in [-0.2, -0.15) is 0 Å². The van der Waals surface area contributed by atoms with E-state index in [4.69, 9.17) is 14.6 Å². The number of unbranched alkanes of at least 4 members (excludes halogenated alkanes) is 6. The van der Waals surface area contributed by atoms with Crippen LogP contribution in [0, 0.1) is 0 Å². The van der Waals surface area contributed by atoms with Crippen LogP contribution in [-0.4, -0.2) is 41.1 Å². The summed E-state index contributed by atoms with van der Waals surface area (Å²) < 4.78 is 12.8. The number of methoxy groups -OCH3 is 1. The minimum Gasteiger partial charge on any atom is -0.507 e. The second-order valence-electron chi connectivity index (χ2n) is 10.4. The predicted molar refractivity (Wildman–Crippen MR) is 158 cm³/mol. The minimum absolute atomic E-state index is 0.0544. The smallest absolute Gasteiger partial charge is 0.329 e. The number of aromatic nitrogens is 1. The van der Waals surface area contributed by atoms with Gasteiger partial charge >= 0.3 is 5.97 Å². The summed E-state index contributed by atoms with van der Waals surface area (Å²) in [5, 5.41) is 18.9. The Labute approximate surface area is 233 Å². The number of carbonyl (C=O) groups is 1. The first-order valence-electron chi connectivity index (χ1n) is 14.3. The summed E-state index contributed by atoms with van der Waals surface area (Å²) in [5.41, 5.74) is 5.22. The second-order valence-corrected chi connectivity index (χ2v) is 10.4. The van der Waals surface area contributed by atoms with Crippen LogP contribution in [0.1, 0.15) is 95.8 Å². The maximum Gasteiger partial charge on any atom is 0.329 e. The van der Waals surface area contributed by atoms with Crippen molar-refractivity contribution in [1.29, 1.82) is 0 Å². The van der Waals surface area contributed by atoms with E-state index in [1.165, 1.54) is 30.4 Å². The van der Waals surface area contributed by atoms with Gasteiger partial charge in [-0.15, -0.1) is 0 Å². The van der Waals surface area contributed by atoms with Gasteiger partial charge in [0.1, 0.15) is 18.1 Å². The van der Waals surface area contributed by atoms with Crippen LogP contribution in [0.25, 0.3) is 17.0 Å². The third-order valence-electron chi connectivity index (χ3n) is 6.72. The fraction of sp³-hybridized carbons (Fsp3) is 0.562. The van der Waals surface area contributed by atoms with E-state index >= 15 is 0 Å². The lowest BCUT2D eigenvalue weighted by Gasteiger charge is -2.25. The molecule has 1 aliphatic rings. The topological polar surface area (TPSA) is 98.0 Å². The number of ether oxygens (including phenoxy) is 2. The first kappa shape index (κ1) is 32.2. The van der Waals surface area contributed by atoms with Crippen molar-refractivity contribution in [3.63, 3.8) is 0 Å². The zero-order valence-electron chi connectivity index (χ0n) is 24.5. The fourth-order valence-electron chi connectivity index (χ4n) is 4.75. The van der Waals surface area contributed by atoms with Crippen LogP contribution in [0.4, 0.5) is 0 Å². The Morgan fingerprint density at radius 2 is 1.62 bits per heavy atom. The number of aryl methyl sites for hydroxylation is 3. The molecule has 0 bridgehead atoms. The zero-order valence-corrected chi connectivity index (χ0v) is 24.5. The van der Waals surface area contributed by atoms with Gasteiger partial charge < -0.3 is 24.3 Å². The maximum atomic E-state index is 12.7. The summed E-state index contributed by atoms with van der Waals surface area (Å²) in [6, 6.07) is 5.92. The van der Waals surface area contributed by atoms with Crippen LogP contribution >= 0.6 is 0 Å². The van der Waals surface area contributed by atoms with Gasteiger partial charge in [0.2, 0.25) is 0 Å². The minimum atomic E-state index is -0.916. The molecule has 216 valence electrons. The van der Waals surface area contributed by atoms with Crippen LogP contribution in [0.5, 0.6) is 5.75 Å². The molecule has 3 rings (SSSR count). The molecule has 1 aromatic carbocycles. The quantitative estimate of drug-likeness (QED) is 0.194. The summed E-state index contributed by atoms with van der Waals surface area (Å²) in [7, 11) is 1.69. The average Bonchev–Trinajstić information content (AvgIpc) is 2.90. The SMILES string of the molecule is CCC.COc1cc2c(cc1CCCCCCCCCOCC(=O)O)CCn1cc(C(O)=C(C)C)c(=O)cc1-2. The van der Waals surface area contributed by atoms with Crippen molar-refractivity contribution < 1.29 is 24.5 Å². The van der Waals surface area contributed by atoms with Crippen LogP contribution < -0.4 is 10.2 Å². The molecule has 0 amide bonds. The van der Waals surface area contributed by atoms with Crippen LogP contribution in [-0.2, 0) is 28.9 Å². The Balaban J connectivity index is 0.00000170. The monoisotopic (exact) mass is 541 g/mol. The molecule has 0 fully saturated rings. The van der Waals surface area contributed by atoms with Crippen molar-refractivity contribution in [3.8, 4) is 17.0 Å². The molecule has 7 nitrogen and oxygen atoms in total. The molecule has 1 aliphatic heterocycles. The third-order valence-corrected chi connectivity index (χ3v) is 6.72. The molecular weight excluding hydrogens is 494 g/mol. The Kier molecular flexibility index (Phi) is 13.9. The van der Waals surface area contributed by atoms with Crippen molar-refractivity contribution in [2.45, 2.75) is 98.4 Å². The summed E-state index contributed by atoms with van der Waals surface area (Å²) in [4.78, 5) is 23.1. The molecule has 0 radical (unpaired) electrons. The summed E-state index contributed by atoms with van der Waals surface area (Å²) in [6.07, 6.45) is 12.6. The van der Waals surface area contributed by atoms with Crippen LogP contribution in [0.2, 0.25) is 0 Å². The van der Waals surface area contributed by atoms with E-state index < -0.39 is 5.97 Å². The lowest BCUT2D eigenvalue weighted by Crippen LogP contribution is -2.19. The number of hydrogen-bond acceptors (Lipinski definition) is 5. The van der Waals surface area contributed by atoms with E-state index in [0.717, 1.165) is 74.1 Å². The highest BCUT2D eigenvalue weighted by atomic mass is 16.5. The number of carboxylic acids is 1. The van der Waals surface area contributed by atoms with Gasteiger partial charge in [-0.25, -0.2) is 4.79 Å². The zero-order chi connectivity index (χ0) is 28.8. The molecule has 2 aromatic rings. The predicted octanol–water partition coefficient (Wildman–Crippen LogP) is 7.18. The van der Waals surface area contributed by atoms with Gasteiger partial charge in [0.15, 0.2) is 5.43 Å². The van der Waals surface area contributed by atoms with Gasteiger partial charge in [0.25, 0.3) is 0 Å². The lowest BCUT2D eigenvalue weighted by molar-refractivity contribution is -0.142. The number of aliphatic hydroxyl groups is 1. The molecule has 2 heterocycles. The molecule has 2 N–H and O–H groups in total. The van der Waals surface area contributed by atoms with E-state index in [-0.39, 0.29) is 17.8 Å². The number of carboxylic acid groups (broad SMARTS) is 1. The number of pyridine rings is 1. The van der Waals surface area contributed by atoms with Gasteiger partial charge in [-0.1, -0.05) is 58.4 Å². The van der Waals surface area contributed by atoms with Gasteiger partial charge in [-0.3, -0.25) is 4.79 Å². The third kappa shape index (κ3) is 9.88. The molecule has 0 aliphatic carbocycles. The van der Waals surface area contributed by atoms with Crippen molar-refractivity contribution in [3.05, 3.63) is 56.9 Å². The number of allylic oxidation sites excluding steroid dienone is 1. The molecule has 1 aromatic heterocycles. The average molecular weight is 542 g/mol. The molecule has 39 heavy (non-hydrogen) atoms. The van der Waals surface area contributed by atoms with Crippen LogP contribution in [0.3, 0.4) is 0 Å². The molecule has 0 saturated carbocycles. The summed E-state index contributed by atoms with van der Waals surface area (Å²) >= 11 is 0. The summed E-state index contributed by atoms with van der Waals surface area (Å²) in [6.45, 7) is 8.91. The molecule has 7 heteroatoms. The van der Waals surface area contributed by atoms with Crippen molar-refractivity contribution in [2.75, 3.05) is 20.3 Å². The van der Waals surface area contributed by atoms with Gasteiger partial charge in [0, 0.05) is 31.0 Å². The highest BCUT2D eigenvalue weighted by Crippen LogP contribution is 2.35. The van der Waals surface area contributed by atoms with E-state index in [1.807, 2.05) is 0 Å². The number of hydrogen-bond donors (Lipinski definition) is 2. The normalized spacial score (nSPS) is 11.6. The molecule has 0 saturated heterocycles. The largest absolute Gasteiger partial charge is 0.507 e. The van der Waals surface area contributed by atoms with E-state index in [2.05, 4.69) is 30.5 Å². The number of fused-ring (bicyclic) bond motifs is 3. The number of benzene rings is 1. The molecule has 0 atom stereocenters. The first-order chi connectivity index (χ1) is 18.7. The Morgan fingerprint density at radius 3 is 2.23 bits per heavy atom. The second kappa shape index (κ2) is 16.8. The number of aliphatic hydroxyl groups excluding tert-OH is 1. The maximum absolute atomic E-state index is 12.7. The molecular formula is C32H47NO6. The number of nitrogens with zero attached hydrogens (tertiary/aromatic N) is 1. The van der Waals surface area contributed by atoms with Gasteiger partial charge in [-0.05, 0) is 62.3 Å². The van der Waals surface area contributed by atoms with Crippen molar-refractivity contribution >= 4 is 11.7 Å². The van der Waals surface area contributed by atoms with E-state index in [9.17, 15) is 14.7 Å².